The Morgan fingerprint density at radius 2 is 2.06 bits per heavy atom. The van der Waals surface area contributed by atoms with Gasteiger partial charge in [0.15, 0.2) is 0 Å². The van der Waals surface area contributed by atoms with Crippen LogP contribution in [0.5, 0.6) is 0 Å². The molecule has 1 unspecified atom stereocenters. The Morgan fingerprint density at radius 3 is 2.65 bits per heavy atom. The van der Waals surface area contributed by atoms with E-state index in [1.165, 1.54) is 9.13 Å². The molecule has 90 valence electrons. The van der Waals surface area contributed by atoms with Gasteiger partial charge in [-0.25, -0.2) is 0 Å². The Labute approximate surface area is 115 Å². The topological polar surface area (TPSA) is 42.7 Å². The maximum absolute atomic E-state index is 4.09. The molecule has 0 aliphatic rings. The fourth-order valence-corrected chi connectivity index (χ4v) is 2.01. The summed E-state index contributed by atoms with van der Waals surface area (Å²) >= 11 is 2.31. The smallest absolute Gasteiger partial charge is 0.149 e. The summed E-state index contributed by atoms with van der Waals surface area (Å²) in [5, 5.41) is 11.4. The molecule has 0 aliphatic heterocycles. The minimum atomic E-state index is 0.196. The van der Waals surface area contributed by atoms with Crippen LogP contribution in [0.25, 0.3) is 0 Å². The normalized spacial score (nSPS) is 12.6. The van der Waals surface area contributed by atoms with Gasteiger partial charge in [0.05, 0.1) is 6.04 Å². The number of benzene rings is 1. The van der Waals surface area contributed by atoms with E-state index < -0.39 is 0 Å². The first-order valence-electron chi connectivity index (χ1n) is 5.48. The molecule has 1 aromatic heterocycles. The molecule has 0 spiro atoms. The van der Waals surface area contributed by atoms with Gasteiger partial charge in [0, 0.05) is 17.2 Å². The van der Waals surface area contributed by atoms with Gasteiger partial charge >= 0.3 is 0 Å². The highest BCUT2D eigenvalue weighted by Gasteiger charge is 2.10. The number of nitrogens with zero attached hydrogens (tertiary/aromatic N) is 3. The standard InChI is InChI=1S/C12H15IN4/c1-9(12-16-15-8-17(12)2)14-7-10-3-5-11(13)6-4-10/h3-6,8-9,14H,7H2,1-2H3. The van der Waals surface area contributed by atoms with Crippen LogP contribution in [0.3, 0.4) is 0 Å². The van der Waals surface area contributed by atoms with E-state index in [1.54, 1.807) is 6.33 Å². The summed E-state index contributed by atoms with van der Waals surface area (Å²) in [4.78, 5) is 0. The molecule has 0 aliphatic carbocycles. The van der Waals surface area contributed by atoms with Gasteiger partial charge in [-0.1, -0.05) is 12.1 Å². The maximum Gasteiger partial charge on any atom is 0.149 e. The van der Waals surface area contributed by atoms with Crippen molar-refractivity contribution in [3.63, 3.8) is 0 Å². The van der Waals surface area contributed by atoms with Crippen molar-refractivity contribution in [2.75, 3.05) is 0 Å². The van der Waals surface area contributed by atoms with E-state index in [-0.39, 0.29) is 6.04 Å². The minimum Gasteiger partial charge on any atom is -0.319 e. The zero-order valence-corrected chi connectivity index (χ0v) is 12.0. The molecule has 0 radical (unpaired) electrons. The zero-order chi connectivity index (χ0) is 12.3. The fraction of sp³-hybridized carbons (Fsp3) is 0.333. The zero-order valence-electron chi connectivity index (χ0n) is 9.89. The number of hydrogen-bond acceptors (Lipinski definition) is 3. The van der Waals surface area contributed by atoms with Crippen LogP contribution in [0.15, 0.2) is 30.6 Å². The van der Waals surface area contributed by atoms with Gasteiger partial charge in [0.2, 0.25) is 0 Å². The van der Waals surface area contributed by atoms with Crippen LogP contribution < -0.4 is 5.32 Å². The highest BCUT2D eigenvalue weighted by atomic mass is 127. The fourth-order valence-electron chi connectivity index (χ4n) is 1.65. The molecule has 1 atom stereocenters. The van der Waals surface area contributed by atoms with Crippen molar-refractivity contribution in [3.8, 4) is 0 Å². The lowest BCUT2D eigenvalue weighted by Gasteiger charge is -2.12. The Kier molecular flexibility index (Phi) is 4.11. The summed E-state index contributed by atoms with van der Waals surface area (Å²) < 4.78 is 3.19. The highest BCUT2D eigenvalue weighted by Crippen LogP contribution is 2.10. The summed E-state index contributed by atoms with van der Waals surface area (Å²) in [5.41, 5.74) is 1.28. The molecule has 4 nitrogen and oxygen atoms in total. The molecule has 1 N–H and O–H groups in total. The van der Waals surface area contributed by atoms with Crippen LogP contribution in [-0.2, 0) is 13.6 Å². The lowest BCUT2D eigenvalue weighted by molar-refractivity contribution is 0.528. The molecule has 1 heterocycles. The Balaban J connectivity index is 1.94. The van der Waals surface area contributed by atoms with Crippen molar-refractivity contribution < 1.29 is 0 Å². The third kappa shape index (κ3) is 3.26. The Bertz CT molecular complexity index is 478. The summed E-state index contributed by atoms with van der Waals surface area (Å²) in [5.74, 6) is 0.954. The first kappa shape index (κ1) is 12.5. The predicted octanol–water partition coefficient (Wildman–Crippen LogP) is 2.27. The second-order valence-electron chi connectivity index (χ2n) is 4.03. The van der Waals surface area contributed by atoms with E-state index in [2.05, 4.69) is 69.3 Å². The Hall–Kier alpha value is -0.950. The SMILES string of the molecule is CC(NCc1ccc(I)cc1)c1nncn1C. The van der Waals surface area contributed by atoms with Gasteiger partial charge in [-0.05, 0) is 47.2 Å². The number of aromatic nitrogens is 3. The molecule has 0 saturated heterocycles. The van der Waals surface area contributed by atoms with Crippen molar-refractivity contribution in [1.29, 1.82) is 0 Å². The molecule has 2 rings (SSSR count). The van der Waals surface area contributed by atoms with E-state index >= 15 is 0 Å². The van der Waals surface area contributed by atoms with Gasteiger partial charge in [0.1, 0.15) is 12.2 Å². The molecule has 2 aromatic rings. The molecule has 17 heavy (non-hydrogen) atoms. The first-order valence-corrected chi connectivity index (χ1v) is 6.56. The van der Waals surface area contributed by atoms with Crippen LogP contribution in [0.1, 0.15) is 24.4 Å². The molecular weight excluding hydrogens is 327 g/mol. The van der Waals surface area contributed by atoms with Crippen molar-refractivity contribution >= 4 is 22.6 Å². The van der Waals surface area contributed by atoms with Crippen LogP contribution in [0.4, 0.5) is 0 Å². The molecule has 0 saturated carbocycles. The summed E-state index contributed by atoms with van der Waals surface area (Å²) in [6, 6.07) is 8.70. The largest absolute Gasteiger partial charge is 0.319 e. The number of rotatable bonds is 4. The molecule has 1 aromatic carbocycles. The van der Waals surface area contributed by atoms with Crippen LogP contribution in [0.2, 0.25) is 0 Å². The van der Waals surface area contributed by atoms with Gasteiger partial charge < -0.3 is 9.88 Å². The second-order valence-corrected chi connectivity index (χ2v) is 5.27. The first-order chi connectivity index (χ1) is 8.16. The van der Waals surface area contributed by atoms with Crippen LogP contribution in [0, 0.1) is 3.57 Å². The number of nitrogens with one attached hydrogen (secondary N) is 1. The summed E-state index contributed by atoms with van der Waals surface area (Å²) in [6.45, 7) is 2.93. The monoisotopic (exact) mass is 342 g/mol. The molecule has 5 heteroatoms. The van der Waals surface area contributed by atoms with E-state index in [1.807, 2.05) is 11.6 Å². The van der Waals surface area contributed by atoms with E-state index in [0.717, 1.165) is 12.4 Å². The molecular formula is C12H15IN4. The lowest BCUT2D eigenvalue weighted by atomic mass is 10.2. The molecule has 0 fully saturated rings. The van der Waals surface area contributed by atoms with E-state index in [9.17, 15) is 0 Å². The van der Waals surface area contributed by atoms with Crippen molar-refractivity contribution in [2.24, 2.45) is 7.05 Å². The Morgan fingerprint density at radius 1 is 1.35 bits per heavy atom. The summed E-state index contributed by atoms with van der Waals surface area (Å²) in [7, 11) is 1.96. The highest BCUT2D eigenvalue weighted by molar-refractivity contribution is 14.1. The quantitative estimate of drug-likeness (QED) is 0.867. The maximum atomic E-state index is 4.09. The van der Waals surface area contributed by atoms with Crippen molar-refractivity contribution in [2.45, 2.75) is 19.5 Å². The average Bonchev–Trinajstić information content (AvgIpc) is 2.74. The molecule has 0 amide bonds. The number of halogens is 1. The predicted molar refractivity (Wildman–Crippen MR) is 75.4 cm³/mol. The van der Waals surface area contributed by atoms with Crippen molar-refractivity contribution in [1.82, 2.24) is 20.1 Å². The summed E-state index contributed by atoms with van der Waals surface area (Å²) in [6.07, 6.45) is 1.72. The van der Waals surface area contributed by atoms with Gasteiger partial charge in [-0.15, -0.1) is 10.2 Å². The van der Waals surface area contributed by atoms with Gasteiger partial charge in [-0.3, -0.25) is 0 Å². The molecule has 0 bridgehead atoms. The lowest BCUT2D eigenvalue weighted by Crippen LogP contribution is -2.21. The third-order valence-corrected chi connectivity index (χ3v) is 3.38. The van der Waals surface area contributed by atoms with E-state index in [4.69, 9.17) is 0 Å². The van der Waals surface area contributed by atoms with Crippen LogP contribution in [-0.4, -0.2) is 14.8 Å². The minimum absolute atomic E-state index is 0.196. The van der Waals surface area contributed by atoms with Crippen molar-refractivity contribution in [3.05, 3.63) is 45.6 Å². The number of aryl methyl sites for hydroxylation is 1. The average molecular weight is 342 g/mol. The second kappa shape index (κ2) is 5.59. The third-order valence-electron chi connectivity index (χ3n) is 2.66. The van der Waals surface area contributed by atoms with Gasteiger partial charge in [0.25, 0.3) is 0 Å². The van der Waals surface area contributed by atoms with E-state index in [0.29, 0.717) is 0 Å². The van der Waals surface area contributed by atoms with Crippen LogP contribution >= 0.6 is 22.6 Å². The van der Waals surface area contributed by atoms with Gasteiger partial charge in [-0.2, -0.15) is 0 Å². The number of hydrogen-bond donors (Lipinski definition) is 1.